The summed E-state index contributed by atoms with van der Waals surface area (Å²) in [6.45, 7) is 4.08. The Hall–Kier alpha value is -0.570. The molecule has 1 saturated carbocycles. The zero-order valence-electron chi connectivity index (χ0n) is 10.2. The van der Waals surface area contributed by atoms with Crippen LogP contribution in [0.3, 0.4) is 0 Å². The molecular formula is C12H24N2O. The molecule has 1 aliphatic rings. The first-order valence-electron chi connectivity index (χ1n) is 6.03. The van der Waals surface area contributed by atoms with Crippen LogP contribution in [-0.4, -0.2) is 29.9 Å². The van der Waals surface area contributed by atoms with Gasteiger partial charge in [-0.2, -0.15) is 0 Å². The van der Waals surface area contributed by atoms with Crippen LogP contribution in [0.5, 0.6) is 0 Å². The van der Waals surface area contributed by atoms with E-state index in [9.17, 15) is 4.79 Å². The fourth-order valence-corrected chi connectivity index (χ4v) is 2.15. The molecule has 0 saturated heterocycles. The molecule has 2 N–H and O–H groups in total. The minimum absolute atomic E-state index is 0.239. The molecule has 0 aromatic rings. The van der Waals surface area contributed by atoms with Crippen molar-refractivity contribution < 1.29 is 4.79 Å². The van der Waals surface area contributed by atoms with E-state index in [-0.39, 0.29) is 18.0 Å². The lowest BCUT2D eigenvalue weighted by atomic mass is 9.82. The van der Waals surface area contributed by atoms with Gasteiger partial charge < -0.3 is 10.6 Å². The fraction of sp³-hybridized carbons (Fsp3) is 0.917. The lowest BCUT2D eigenvalue weighted by molar-refractivity contribution is -0.132. The molecule has 2 unspecified atom stereocenters. The topological polar surface area (TPSA) is 46.3 Å². The van der Waals surface area contributed by atoms with Crippen LogP contribution in [0.1, 0.15) is 46.0 Å². The maximum atomic E-state index is 11.9. The van der Waals surface area contributed by atoms with E-state index in [1.807, 2.05) is 25.8 Å². The number of nitrogens with zero attached hydrogens (tertiary/aromatic N) is 1. The molecule has 2 atom stereocenters. The molecule has 0 radical (unpaired) electrons. The lowest BCUT2D eigenvalue weighted by Crippen LogP contribution is -2.39. The van der Waals surface area contributed by atoms with Gasteiger partial charge in [0.25, 0.3) is 0 Å². The Kier molecular flexibility index (Phi) is 4.58. The summed E-state index contributed by atoms with van der Waals surface area (Å²) in [6.07, 6.45) is 5.31. The SMILES string of the molecule is CC(C)N(C)C(=O)CC1CCCCC1N. The Morgan fingerprint density at radius 3 is 2.53 bits per heavy atom. The van der Waals surface area contributed by atoms with Gasteiger partial charge in [-0.15, -0.1) is 0 Å². The Bertz CT molecular complexity index is 216. The van der Waals surface area contributed by atoms with Crippen LogP contribution in [-0.2, 0) is 4.79 Å². The summed E-state index contributed by atoms with van der Waals surface area (Å²) >= 11 is 0. The predicted octanol–water partition coefficient (Wildman–Crippen LogP) is 1.76. The third-order valence-electron chi connectivity index (χ3n) is 3.57. The molecule has 1 amide bonds. The number of amides is 1. The second-order valence-corrected chi connectivity index (χ2v) is 5.01. The minimum Gasteiger partial charge on any atom is -0.343 e. The van der Waals surface area contributed by atoms with Crippen molar-refractivity contribution in [2.45, 2.75) is 58.0 Å². The highest BCUT2D eigenvalue weighted by molar-refractivity contribution is 5.76. The first kappa shape index (κ1) is 12.5. The highest BCUT2D eigenvalue weighted by Gasteiger charge is 2.25. The van der Waals surface area contributed by atoms with Gasteiger partial charge in [0.2, 0.25) is 5.91 Å². The van der Waals surface area contributed by atoms with Crippen molar-refractivity contribution in [3.05, 3.63) is 0 Å². The van der Waals surface area contributed by atoms with Crippen molar-refractivity contribution in [1.29, 1.82) is 0 Å². The third kappa shape index (κ3) is 3.49. The van der Waals surface area contributed by atoms with Crippen LogP contribution in [0, 0.1) is 5.92 Å². The van der Waals surface area contributed by atoms with E-state index < -0.39 is 0 Å². The average molecular weight is 212 g/mol. The van der Waals surface area contributed by atoms with Crippen molar-refractivity contribution in [1.82, 2.24) is 4.90 Å². The number of nitrogens with two attached hydrogens (primary N) is 1. The summed E-state index contributed by atoms with van der Waals surface area (Å²) in [5.41, 5.74) is 6.03. The summed E-state index contributed by atoms with van der Waals surface area (Å²) in [6, 6.07) is 0.528. The highest BCUT2D eigenvalue weighted by atomic mass is 16.2. The van der Waals surface area contributed by atoms with Crippen LogP contribution in [0.4, 0.5) is 0 Å². The molecule has 1 fully saturated rings. The third-order valence-corrected chi connectivity index (χ3v) is 3.57. The minimum atomic E-state index is 0.239. The molecule has 0 aromatic heterocycles. The number of carbonyl (C=O) groups excluding carboxylic acids is 1. The largest absolute Gasteiger partial charge is 0.343 e. The molecule has 0 bridgehead atoms. The predicted molar refractivity (Wildman–Crippen MR) is 62.5 cm³/mol. The van der Waals surface area contributed by atoms with Gasteiger partial charge in [-0.3, -0.25) is 4.79 Å². The van der Waals surface area contributed by atoms with Gasteiger partial charge >= 0.3 is 0 Å². The van der Waals surface area contributed by atoms with E-state index >= 15 is 0 Å². The first-order valence-corrected chi connectivity index (χ1v) is 6.03. The maximum absolute atomic E-state index is 11.9. The van der Waals surface area contributed by atoms with Gasteiger partial charge in [-0.25, -0.2) is 0 Å². The second-order valence-electron chi connectivity index (χ2n) is 5.01. The summed E-state index contributed by atoms with van der Waals surface area (Å²) < 4.78 is 0. The van der Waals surface area contributed by atoms with E-state index in [0.29, 0.717) is 12.3 Å². The van der Waals surface area contributed by atoms with Gasteiger partial charge in [-0.1, -0.05) is 12.8 Å². The van der Waals surface area contributed by atoms with Gasteiger partial charge in [0.05, 0.1) is 0 Å². The molecule has 15 heavy (non-hydrogen) atoms. The monoisotopic (exact) mass is 212 g/mol. The van der Waals surface area contributed by atoms with Crippen LogP contribution < -0.4 is 5.73 Å². The van der Waals surface area contributed by atoms with Gasteiger partial charge in [0.1, 0.15) is 0 Å². The molecule has 3 nitrogen and oxygen atoms in total. The fourth-order valence-electron chi connectivity index (χ4n) is 2.15. The molecular weight excluding hydrogens is 188 g/mol. The Labute approximate surface area is 93.0 Å². The maximum Gasteiger partial charge on any atom is 0.222 e. The van der Waals surface area contributed by atoms with Crippen molar-refractivity contribution in [3.8, 4) is 0 Å². The number of carbonyl (C=O) groups is 1. The van der Waals surface area contributed by atoms with E-state index in [1.165, 1.54) is 12.8 Å². The molecule has 3 heteroatoms. The van der Waals surface area contributed by atoms with E-state index in [2.05, 4.69) is 0 Å². The molecule has 1 aliphatic carbocycles. The number of rotatable bonds is 3. The number of hydrogen-bond acceptors (Lipinski definition) is 2. The van der Waals surface area contributed by atoms with E-state index in [1.54, 1.807) is 0 Å². The van der Waals surface area contributed by atoms with Crippen LogP contribution in [0.2, 0.25) is 0 Å². The zero-order chi connectivity index (χ0) is 11.4. The second kappa shape index (κ2) is 5.50. The van der Waals surface area contributed by atoms with Gasteiger partial charge in [-0.05, 0) is 32.6 Å². The average Bonchev–Trinajstić information content (AvgIpc) is 2.20. The summed E-state index contributed by atoms with van der Waals surface area (Å²) in [5.74, 6) is 0.653. The molecule has 0 aliphatic heterocycles. The molecule has 0 aromatic carbocycles. The quantitative estimate of drug-likeness (QED) is 0.775. The van der Waals surface area contributed by atoms with E-state index in [4.69, 9.17) is 5.73 Å². The van der Waals surface area contributed by atoms with Crippen molar-refractivity contribution in [2.24, 2.45) is 11.7 Å². The normalized spacial score (nSPS) is 26.7. The van der Waals surface area contributed by atoms with Gasteiger partial charge in [0.15, 0.2) is 0 Å². The molecule has 0 heterocycles. The van der Waals surface area contributed by atoms with Crippen LogP contribution in [0.25, 0.3) is 0 Å². The highest BCUT2D eigenvalue weighted by Crippen LogP contribution is 2.26. The van der Waals surface area contributed by atoms with Crippen molar-refractivity contribution in [2.75, 3.05) is 7.05 Å². The first-order chi connectivity index (χ1) is 7.02. The lowest BCUT2D eigenvalue weighted by Gasteiger charge is -2.30. The molecule has 88 valence electrons. The Morgan fingerprint density at radius 1 is 1.40 bits per heavy atom. The Morgan fingerprint density at radius 2 is 2.00 bits per heavy atom. The summed E-state index contributed by atoms with van der Waals surface area (Å²) in [5, 5.41) is 0. The van der Waals surface area contributed by atoms with Crippen molar-refractivity contribution in [3.63, 3.8) is 0 Å². The number of hydrogen-bond donors (Lipinski definition) is 1. The summed E-state index contributed by atoms with van der Waals surface area (Å²) in [7, 11) is 1.88. The smallest absolute Gasteiger partial charge is 0.222 e. The molecule has 1 rings (SSSR count). The Balaban J connectivity index is 2.42. The van der Waals surface area contributed by atoms with Gasteiger partial charge in [0, 0.05) is 25.6 Å². The standard InChI is InChI=1S/C12H24N2O/c1-9(2)14(3)12(15)8-10-6-4-5-7-11(10)13/h9-11H,4-8,13H2,1-3H3. The van der Waals surface area contributed by atoms with Crippen molar-refractivity contribution >= 4 is 5.91 Å². The van der Waals surface area contributed by atoms with Crippen LogP contribution >= 0.6 is 0 Å². The van der Waals surface area contributed by atoms with Crippen LogP contribution in [0.15, 0.2) is 0 Å². The summed E-state index contributed by atoms with van der Waals surface area (Å²) in [4.78, 5) is 13.7. The zero-order valence-corrected chi connectivity index (χ0v) is 10.2. The van der Waals surface area contributed by atoms with E-state index in [0.717, 1.165) is 12.8 Å². The molecule has 0 spiro atoms.